The highest BCUT2D eigenvalue weighted by Gasteiger charge is 2.26. The summed E-state index contributed by atoms with van der Waals surface area (Å²) >= 11 is 0. The van der Waals surface area contributed by atoms with Gasteiger partial charge in [0.1, 0.15) is 11.5 Å². The smallest absolute Gasteiger partial charge is 0.191 e. The molecule has 0 amide bonds. The molecule has 0 saturated heterocycles. The number of rotatable bonds is 9. The lowest BCUT2D eigenvalue weighted by Gasteiger charge is -2.17. The van der Waals surface area contributed by atoms with Gasteiger partial charge in [0, 0.05) is 38.7 Å². The summed E-state index contributed by atoms with van der Waals surface area (Å²) in [6.07, 6.45) is 4.80. The zero-order valence-corrected chi connectivity index (χ0v) is 18.6. The van der Waals surface area contributed by atoms with Gasteiger partial charge in [-0.05, 0) is 43.9 Å². The molecule has 154 valence electrons. The van der Waals surface area contributed by atoms with Crippen LogP contribution in [0.5, 0.6) is 11.5 Å². The van der Waals surface area contributed by atoms with E-state index in [-0.39, 0.29) is 17.0 Å². The van der Waals surface area contributed by atoms with Gasteiger partial charge in [-0.3, -0.25) is 4.99 Å². The minimum absolute atomic E-state index is 0. The first-order valence-electron chi connectivity index (χ1n) is 9.47. The fraction of sp³-hybridized carbons (Fsp3) is 0.650. The lowest BCUT2D eigenvalue weighted by atomic mass is 10.1. The average molecular weight is 444 g/mol. The van der Waals surface area contributed by atoms with E-state index in [0.717, 1.165) is 49.9 Å². The number of hydrogen-bond acceptors (Lipinski definition) is 4. The quantitative estimate of drug-likeness (QED) is 0.453. The summed E-state index contributed by atoms with van der Waals surface area (Å²) in [4.78, 5) is 4.76. The van der Waals surface area contributed by atoms with Crippen LogP contribution in [0.15, 0.2) is 23.2 Å². The zero-order valence-electron chi connectivity index (χ0n) is 16.9. The predicted molar refractivity (Wildman–Crippen MR) is 116 cm³/mol. The van der Waals surface area contributed by atoms with Crippen LogP contribution < -0.4 is 20.1 Å². The Morgan fingerprint density at radius 2 is 1.78 bits per heavy atom. The highest BCUT2D eigenvalue weighted by molar-refractivity contribution is 8.93. The lowest BCUT2D eigenvalue weighted by Crippen LogP contribution is -2.39. The van der Waals surface area contributed by atoms with E-state index in [1.54, 1.807) is 21.3 Å². The fourth-order valence-corrected chi connectivity index (χ4v) is 3.41. The van der Waals surface area contributed by atoms with Crippen molar-refractivity contribution < 1.29 is 14.2 Å². The molecule has 0 bridgehead atoms. The largest absolute Gasteiger partial charge is 0.497 e. The van der Waals surface area contributed by atoms with Gasteiger partial charge in [-0.1, -0.05) is 6.42 Å². The maximum absolute atomic E-state index is 5.56. The molecule has 27 heavy (non-hydrogen) atoms. The normalized spacial score (nSPS) is 19.3. The summed E-state index contributed by atoms with van der Waals surface area (Å²) in [6, 6.07) is 5.96. The van der Waals surface area contributed by atoms with Gasteiger partial charge in [-0.15, -0.1) is 17.0 Å². The van der Waals surface area contributed by atoms with Crippen molar-refractivity contribution in [2.24, 2.45) is 10.9 Å². The third-order valence-electron chi connectivity index (χ3n) is 4.84. The predicted octanol–water partition coefficient (Wildman–Crippen LogP) is 3.19. The molecule has 2 unspecified atom stereocenters. The van der Waals surface area contributed by atoms with Crippen molar-refractivity contribution in [2.45, 2.75) is 38.7 Å². The van der Waals surface area contributed by atoms with Crippen LogP contribution in [0.4, 0.5) is 0 Å². The van der Waals surface area contributed by atoms with Gasteiger partial charge in [-0.25, -0.2) is 0 Å². The van der Waals surface area contributed by atoms with Crippen LogP contribution in [0.3, 0.4) is 0 Å². The van der Waals surface area contributed by atoms with Crippen LogP contribution in [0.2, 0.25) is 0 Å². The molecule has 2 N–H and O–H groups in total. The zero-order chi connectivity index (χ0) is 18.8. The number of aliphatic imine (C=N–C) groups is 1. The van der Waals surface area contributed by atoms with Gasteiger partial charge >= 0.3 is 0 Å². The molecule has 1 saturated carbocycles. The van der Waals surface area contributed by atoms with E-state index in [0.29, 0.717) is 12.0 Å². The van der Waals surface area contributed by atoms with Crippen LogP contribution in [-0.2, 0) is 11.2 Å². The van der Waals surface area contributed by atoms with E-state index in [1.165, 1.54) is 18.4 Å². The lowest BCUT2D eigenvalue weighted by molar-refractivity contribution is 0.0742. The molecular formula is C20H34BrN3O3. The molecular weight excluding hydrogens is 410 g/mol. The molecule has 0 aliphatic heterocycles. The highest BCUT2D eigenvalue weighted by Crippen LogP contribution is 2.28. The van der Waals surface area contributed by atoms with Crippen molar-refractivity contribution in [2.75, 3.05) is 41.0 Å². The van der Waals surface area contributed by atoms with E-state index in [4.69, 9.17) is 19.2 Å². The summed E-state index contributed by atoms with van der Waals surface area (Å²) < 4.78 is 16.2. The highest BCUT2D eigenvalue weighted by atomic mass is 79.9. The Morgan fingerprint density at radius 1 is 1.07 bits per heavy atom. The number of methoxy groups -OCH3 is 3. The van der Waals surface area contributed by atoms with E-state index < -0.39 is 0 Å². The van der Waals surface area contributed by atoms with Gasteiger partial charge in [0.05, 0.1) is 20.3 Å². The van der Waals surface area contributed by atoms with Gasteiger partial charge < -0.3 is 24.8 Å². The molecule has 2 rings (SSSR count). The first kappa shape index (κ1) is 23.6. The molecule has 1 aliphatic carbocycles. The summed E-state index contributed by atoms with van der Waals surface area (Å²) in [7, 11) is 5.14. The molecule has 0 radical (unpaired) electrons. The second kappa shape index (κ2) is 12.8. The first-order valence-corrected chi connectivity index (χ1v) is 9.47. The number of benzene rings is 1. The third kappa shape index (κ3) is 7.58. The van der Waals surface area contributed by atoms with Crippen LogP contribution in [0, 0.1) is 5.92 Å². The van der Waals surface area contributed by atoms with Gasteiger partial charge in [0.15, 0.2) is 5.96 Å². The minimum Gasteiger partial charge on any atom is -0.497 e. The molecule has 1 aliphatic rings. The molecule has 1 fully saturated rings. The van der Waals surface area contributed by atoms with Crippen molar-refractivity contribution in [1.82, 2.24) is 10.6 Å². The Hall–Kier alpha value is -1.47. The number of ether oxygens (including phenoxy) is 3. The Kier molecular flexibility index (Phi) is 11.2. The molecule has 1 aromatic carbocycles. The maximum Gasteiger partial charge on any atom is 0.191 e. The Balaban J connectivity index is 0.00000364. The topological polar surface area (TPSA) is 64.1 Å². The molecule has 1 aromatic rings. The second-order valence-electron chi connectivity index (χ2n) is 6.58. The summed E-state index contributed by atoms with van der Waals surface area (Å²) in [5, 5.41) is 6.74. The van der Waals surface area contributed by atoms with Crippen molar-refractivity contribution in [3.05, 3.63) is 23.8 Å². The third-order valence-corrected chi connectivity index (χ3v) is 4.84. The standard InChI is InChI=1S/C20H33N3O3.BrH/c1-5-21-20(23-14-16-7-6-8-19(16)26-4)22-10-9-15-11-17(24-2)13-18(12-15)25-3;/h11-13,16,19H,5-10,14H2,1-4H3,(H2,21,22,23);1H. The molecule has 0 heterocycles. The van der Waals surface area contributed by atoms with E-state index in [2.05, 4.69) is 17.6 Å². The molecule has 0 spiro atoms. The summed E-state index contributed by atoms with van der Waals surface area (Å²) in [6.45, 7) is 4.52. The van der Waals surface area contributed by atoms with Crippen molar-refractivity contribution >= 4 is 22.9 Å². The Labute approximate surface area is 173 Å². The molecule has 7 heteroatoms. The van der Waals surface area contributed by atoms with Gasteiger partial charge in [0.2, 0.25) is 0 Å². The first-order chi connectivity index (χ1) is 12.7. The molecule has 0 aromatic heterocycles. The number of hydrogen-bond donors (Lipinski definition) is 2. The molecule has 2 atom stereocenters. The van der Waals surface area contributed by atoms with E-state index in [1.807, 2.05) is 18.2 Å². The average Bonchev–Trinajstić information content (AvgIpc) is 3.13. The fourth-order valence-electron chi connectivity index (χ4n) is 3.41. The Bertz CT molecular complexity index is 561. The summed E-state index contributed by atoms with van der Waals surface area (Å²) in [5.74, 6) is 3.01. The van der Waals surface area contributed by atoms with Gasteiger partial charge in [0.25, 0.3) is 0 Å². The van der Waals surface area contributed by atoms with E-state index >= 15 is 0 Å². The van der Waals surface area contributed by atoms with Crippen molar-refractivity contribution in [3.63, 3.8) is 0 Å². The second-order valence-corrected chi connectivity index (χ2v) is 6.58. The monoisotopic (exact) mass is 443 g/mol. The van der Waals surface area contributed by atoms with Gasteiger partial charge in [-0.2, -0.15) is 0 Å². The number of nitrogens with zero attached hydrogens (tertiary/aromatic N) is 1. The SMILES string of the molecule is Br.CCNC(=NCC1CCCC1OC)NCCc1cc(OC)cc(OC)c1. The van der Waals surface area contributed by atoms with E-state index in [9.17, 15) is 0 Å². The summed E-state index contributed by atoms with van der Waals surface area (Å²) in [5.41, 5.74) is 1.17. The number of nitrogens with one attached hydrogen (secondary N) is 2. The van der Waals surface area contributed by atoms with Crippen LogP contribution in [-0.4, -0.2) is 53.0 Å². The maximum atomic E-state index is 5.56. The van der Waals surface area contributed by atoms with Crippen LogP contribution in [0.1, 0.15) is 31.7 Å². The molecule has 6 nitrogen and oxygen atoms in total. The number of halogens is 1. The number of guanidine groups is 1. The minimum atomic E-state index is 0. The van der Waals surface area contributed by atoms with Crippen molar-refractivity contribution in [1.29, 1.82) is 0 Å². The van der Waals surface area contributed by atoms with Crippen LogP contribution >= 0.6 is 17.0 Å². The van der Waals surface area contributed by atoms with Crippen molar-refractivity contribution in [3.8, 4) is 11.5 Å². The Morgan fingerprint density at radius 3 is 2.37 bits per heavy atom. The van der Waals surface area contributed by atoms with Crippen LogP contribution in [0.25, 0.3) is 0 Å².